The zero-order valence-corrected chi connectivity index (χ0v) is 21.8. The number of phenolic OH excluding ortho intramolecular Hbond substituents is 1. The van der Waals surface area contributed by atoms with E-state index >= 15 is 0 Å². The molecule has 1 heterocycles. The Labute approximate surface area is 216 Å². The van der Waals surface area contributed by atoms with Crippen LogP contribution in [0.4, 0.5) is 0 Å². The quantitative estimate of drug-likeness (QED) is 0.419. The number of hydrogen-bond acceptors (Lipinski definition) is 6. The fraction of sp³-hybridized carbons (Fsp3) is 0.393. The molecule has 3 rings (SSSR count). The summed E-state index contributed by atoms with van der Waals surface area (Å²) in [5, 5.41) is 22.4. The van der Waals surface area contributed by atoms with Crippen LogP contribution in [-0.2, 0) is 16.0 Å². The number of thioether (sulfide) groups is 1. The van der Waals surface area contributed by atoms with Gasteiger partial charge in [0, 0.05) is 33.8 Å². The number of nitrogens with zero attached hydrogens (tertiary/aromatic N) is 1. The number of phenols is 1. The van der Waals surface area contributed by atoms with Crippen molar-refractivity contribution in [1.29, 1.82) is 0 Å². The number of Topliss-reactive ketones (excluding diaryl/α,β-unsaturated/α-hetero) is 1. The van der Waals surface area contributed by atoms with E-state index in [1.54, 1.807) is 13.0 Å². The van der Waals surface area contributed by atoms with Crippen molar-refractivity contribution < 1.29 is 24.6 Å². The fourth-order valence-electron chi connectivity index (χ4n) is 4.79. The average Bonchev–Trinajstić information content (AvgIpc) is 3.17. The summed E-state index contributed by atoms with van der Waals surface area (Å²) in [5.74, 6) is -2.05. The Balaban J connectivity index is 2.01. The Morgan fingerprint density at radius 1 is 1.22 bits per heavy atom. The van der Waals surface area contributed by atoms with Crippen molar-refractivity contribution in [2.45, 2.75) is 62.8 Å². The third-order valence-corrected chi connectivity index (χ3v) is 8.16. The standard InChI is InChI=1S/C28H34N2O5S/c1-5-6-12-22(31)25-28(3,4)36-16-30(25)27(35)24(33)21(15-18-10-8-7-9-11-18)20-14-13-19(26(29)34)17(2)23(20)32/h5,7-11,13-14,21,24-25,32-33H,1,6,12,15-16H2,2-4H3,(H2,29,34)/t21-,24-,25+/m0/s1. The van der Waals surface area contributed by atoms with E-state index < -0.39 is 34.6 Å². The van der Waals surface area contributed by atoms with Gasteiger partial charge in [-0.1, -0.05) is 42.5 Å². The number of amides is 2. The minimum absolute atomic E-state index is 0.0745. The number of hydrogen-bond donors (Lipinski definition) is 3. The molecule has 0 unspecified atom stereocenters. The number of aromatic hydroxyl groups is 1. The van der Waals surface area contributed by atoms with Gasteiger partial charge in [0.2, 0.25) is 5.91 Å². The number of primary amides is 1. The Morgan fingerprint density at radius 3 is 2.50 bits per heavy atom. The average molecular weight is 511 g/mol. The molecule has 192 valence electrons. The number of rotatable bonds is 10. The monoisotopic (exact) mass is 510 g/mol. The molecule has 0 saturated carbocycles. The molecule has 2 aromatic rings. The van der Waals surface area contributed by atoms with Crippen molar-refractivity contribution in [3.05, 3.63) is 77.4 Å². The molecule has 3 atom stereocenters. The molecule has 1 fully saturated rings. The van der Waals surface area contributed by atoms with Crippen LogP contribution in [0.5, 0.6) is 5.75 Å². The van der Waals surface area contributed by atoms with Gasteiger partial charge in [0.1, 0.15) is 17.9 Å². The second-order valence-electron chi connectivity index (χ2n) is 9.66. The first-order chi connectivity index (χ1) is 17.0. The van der Waals surface area contributed by atoms with E-state index in [9.17, 15) is 24.6 Å². The van der Waals surface area contributed by atoms with Gasteiger partial charge in [0.15, 0.2) is 5.78 Å². The lowest BCUT2D eigenvalue weighted by atomic mass is 9.84. The van der Waals surface area contributed by atoms with Gasteiger partial charge in [0.25, 0.3) is 5.91 Å². The smallest absolute Gasteiger partial charge is 0.253 e. The molecular weight excluding hydrogens is 476 g/mol. The molecular formula is C28H34N2O5S. The summed E-state index contributed by atoms with van der Waals surface area (Å²) in [6, 6.07) is 11.7. The molecule has 8 heteroatoms. The highest BCUT2D eigenvalue weighted by Crippen LogP contribution is 2.42. The number of aliphatic hydroxyl groups is 1. The van der Waals surface area contributed by atoms with Gasteiger partial charge in [-0.3, -0.25) is 14.4 Å². The minimum Gasteiger partial charge on any atom is -0.507 e. The first-order valence-electron chi connectivity index (χ1n) is 11.9. The number of allylic oxidation sites excluding steroid dienone is 1. The lowest BCUT2D eigenvalue weighted by Gasteiger charge is -2.33. The van der Waals surface area contributed by atoms with Crippen molar-refractivity contribution >= 4 is 29.4 Å². The van der Waals surface area contributed by atoms with Gasteiger partial charge in [-0.25, -0.2) is 0 Å². The molecule has 0 spiro atoms. The molecule has 4 N–H and O–H groups in total. The molecule has 7 nitrogen and oxygen atoms in total. The zero-order chi connectivity index (χ0) is 26.6. The van der Waals surface area contributed by atoms with Crippen molar-refractivity contribution in [3.8, 4) is 5.75 Å². The molecule has 0 radical (unpaired) electrons. The molecule has 0 aliphatic carbocycles. The van der Waals surface area contributed by atoms with E-state index in [4.69, 9.17) is 5.73 Å². The Kier molecular flexibility index (Phi) is 8.63. The lowest BCUT2D eigenvalue weighted by Crippen LogP contribution is -2.52. The van der Waals surface area contributed by atoms with Gasteiger partial charge in [-0.05, 0) is 45.2 Å². The number of nitrogens with two attached hydrogens (primary N) is 1. The SMILES string of the molecule is C=CCCC(=O)[C@H]1N(C(=O)[C@@H](O)[C@@H](Cc2ccccc2)c2ccc(C(N)=O)c(C)c2O)CSC1(C)C. The minimum atomic E-state index is -1.53. The van der Waals surface area contributed by atoms with Crippen molar-refractivity contribution in [2.75, 3.05) is 5.88 Å². The zero-order valence-electron chi connectivity index (χ0n) is 20.9. The Hall–Kier alpha value is -3.10. The molecule has 0 bridgehead atoms. The van der Waals surface area contributed by atoms with Crippen LogP contribution in [0.25, 0.3) is 0 Å². The summed E-state index contributed by atoms with van der Waals surface area (Å²) >= 11 is 1.49. The van der Waals surface area contributed by atoms with Gasteiger partial charge >= 0.3 is 0 Å². The molecule has 2 amide bonds. The summed E-state index contributed by atoms with van der Waals surface area (Å²) in [6.45, 7) is 9.09. The van der Waals surface area contributed by atoms with Crippen molar-refractivity contribution in [2.24, 2.45) is 5.73 Å². The number of ketones is 1. The fourth-order valence-corrected chi connectivity index (χ4v) is 5.95. The van der Waals surface area contributed by atoms with Crippen LogP contribution in [0.15, 0.2) is 55.1 Å². The highest BCUT2D eigenvalue weighted by molar-refractivity contribution is 8.00. The van der Waals surface area contributed by atoms with E-state index in [1.807, 2.05) is 44.2 Å². The summed E-state index contributed by atoms with van der Waals surface area (Å²) < 4.78 is -0.510. The van der Waals surface area contributed by atoms with Crippen LogP contribution in [0, 0.1) is 6.92 Å². The van der Waals surface area contributed by atoms with Gasteiger partial charge in [-0.15, -0.1) is 18.3 Å². The topological polar surface area (TPSA) is 121 Å². The Bertz CT molecular complexity index is 1150. The summed E-state index contributed by atoms with van der Waals surface area (Å²) in [7, 11) is 0. The maximum absolute atomic E-state index is 13.7. The van der Waals surface area contributed by atoms with Crippen LogP contribution < -0.4 is 5.73 Å². The first-order valence-corrected chi connectivity index (χ1v) is 12.9. The third kappa shape index (κ3) is 5.65. The van der Waals surface area contributed by atoms with E-state index in [2.05, 4.69) is 6.58 Å². The first kappa shape index (κ1) is 27.5. The van der Waals surface area contributed by atoms with Gasteiger partial charge in [0.05, 0.1) is 5.88 Å². The van der Waals surface area contributed by atoms with Crippen LogP contribution in [0.3, 0.4) is 0 Å². The van der Waals surface area contributed by atoms with Crippen molar-refractivity contribution in [3.63, 3.8) is 0 Å². The van der Waals surface area contributed by atoms with Crippen LogP contribution in [0.2, 0.25) is 0 Å². The summed E-state index contributed by atoms with van der Waals surface area (Å²) in [4.78, 5) is 40.0. The second-order valence-corrected chi connectivity index (χ2v) is 11.3. The molecule has 2 aromatic carbocycles. The third-order valence-electron chi connectivity index (χ3n) is 6.79. The van der Waals surface area contributed by atoms with Crippen LogP contribution >= 0.6 is 11.8 Å². The van der Waals surface area contributed by atoms with Gasteiger partial charge < -0.3 is 20.8 Å². The van der Waals surface area contributed by atoms with E-state index in [-0.39, 0.29) is 41.4 Å². The van der Waals surface area contributed by atoms with E-state index in [0.29, 0.717) is 12.0 Å². The molecule has 1 aliphatic heterocycles. The maximum Gasteiger partial charge on any atom is 0.253 e. The highest BCUT2D eigenvalue weighted by atomic mass is 32.2. The van der Waals surface area contributed by atoms with Gasteiger partial charge in [-0.2, -0.15) is 0 Å². The molecule has 0 aromatic heterocycles. The van der Waals surface area contributed by atoms with E-state index in [0.717, 1.165) is 5.56 Å². The van der Waals surface area contributed by atoms with Crippen LogP contribution in [0.1, 0.15) is 59.7 Å². The number of carbonyl (C=O) groups excluding carboxylic acids is 3. The molecule has 36 heavy (non-hydrogen) atoms. The number of carbonyl (C=O) groups is 3. The van der Waals surface area contributed by atoms with E-state index in [1.165, 1.54) is 28.8 Å². The normalized spacial score (nSPS) is 18.4. The van der Waals surface area contributed by atoms with Crippen LogP contribution in [-0.4, -0.2) is 55.5 Å². The predicted octanol–water partition coefficient (Wildman–Crippen LogP) is 3.70. The van der Waals surface area contributed by atoms with Crippen molar-refractivity contribution in [1.82, 2.24) is 4.90 Å². The molecule has 1 saturated heterocycles. The number of benzene rings is 2. The lowest BCUT2D eigenvalue weighted by molar-refractivity contribution is -0.146. The summed E-state index contributed by atoms with van der Waals surface area (Å²) in [5.41, 5.74) is 7.08. The predicted molar refractivity (Wildman–Crippen MR) is 142 cm³/mol. The molecule has 1 aliphatic rings. The number of aliphatic hydroxyl groups excluding tert-OH is 1. The highest BCUT2D eigenvalue weighted by Gasteiger charge is 2.49. The Morgan fingerprint density at radius 2 is 1.89 bits per heavy atom. The second kappa shape index (κ2) is 11.3. The maximum atomic E-state index is 13.7. The summed E-state index contributed by atoms with van der Waals surface area (Å²) in [6.07, 6.45) is 1.18. The largest absolute Gasteiger partial charge is 0.507 e.